The van der Waals surface area contributed by atoms with Crippen molar-refractivity contribution in [3.8, 4) is 0 Å². The van der Waals surface area contributed by atoms with Gasteiger partial charge in [-0.25, -0.2) is 9.97 Å². The summed E-state index contributed by atoms with van der Waals surface area (Å²) in [7, 11) is 1.68. The van der Waals surface area contributed by atoms with E-state index in [1.807, 2.05) is 19.1 Å². The molecule has 0 aliphatic carbocycles. The zero-order chi connectivity index (χ0) is 22.1. The highest BCUT2D eigenvalue weighted by Gasteiger charge is 2.26. The van der Waals surface area contributed by atoms with E-state index >= 15 is 0 Å². The predicted octanol–water partition coefficient (Wildman–Crippen LogP) is 1.42. The number of aliphatic carboxylic acids is 1. The molecule has 160 valence electrons. The van der Waals surface area contributed by atoms with E-state index < -0.39 is 17.9 Å². The van der Waals surface area contributed by atoms with Crippen LogP contribution in [0.3, 0.4) is 0 Å². The van der Waals surface area contributed by atoms with Crippen molar-refractivity contribution in [3.05, 3.63) is 53.0 Å². The molecule has 4 rings (SSSR count). The Morgan fingerprint density at radius 1 is 1.23 bits per heavy atom. The van der Waals surface area contributed by atoms with Gasteiger partial charge in [-0.3, -0.25) is 14.4 Å². The van der Waals surface area contributed by atoms with Gasteiger partial charge in [0.2, 0.25) is 5.91 Å². The van der Waals surface area contributed by atoms with Crippen LogP contribution in [0, 0.1) is 6.92 Å². The van der Waals surface area contributed by atoms with Crippen molar-refractivity contribution < 1.29 is 19.5 Å². The Bertz CT molecular complexity index is 1190. The quantitative estimate of drug-likeness (QED) is 0.487. The van der Waals surface area contributed by atoms with Crippen LogP contribution in [0.2, 0.25) is 0 Å². The topological polar surface area (TPSA) is 140 Å². The number of nitrogens with one attached hydrogen (secondary N) is 3. The van der Waals surface area contributed by atoms with Crippen molar-refractivity contribution >= 4 is 34.6 Å². The van der Waals surface area contributed by atoms with E-state index in [1.165, 1.54) is 0 Å². The summed E-state index contributed by atoms with van der Waals surface area (Å²) in [5.41, 5.74) is 4.08. The number of carbonyl (C=O) groups is 3. The number of carboxylic acids is 1. The Kier molecular flexibility index (Phi) is 5.28. The van der Waals surface area contributed by atoms with E-state index in [4.69, 9.17) is 5.11 Å². The van der Waals surface area contributed by atoms with E-state index in [0.717, 1.165) is 11.2 Å². The molecule has 2 aromatic heterocycles. The molecule has 2 amide bonds. The third kappa shape index (κ3) is 4.32. The molecule has 0 saturated heterocycles. The van der Waals surface area contributed by atoms with Gasteiger partial charge in [0.25, 0.3) is 5.91 Å². The zero-order valence-electron chi connectivity index (χ0n) is 17.1. The number of rotatable bonds is 5. The lowest BCUT2D eigenvalue weighted by molar-refractivity contribution is -0.139. The number of aromatic nitrogens is 3. The van der Waals surface area contributed by atoms with Crippen molar-refractivity contribution in [2.24, 2.45) is 0 Å². The Morgan fingerprint density at radius 3 is 2.81 bits per heavy atom. The lowest BCUT2D eigenvalue weighted by Gasteiger charge is -2.18. The SMILES string of the molecule is Cc1ccc2[nH]c(CN(C)C(=O)c3ccc4c(c3)CNC(=O)C(CC(=O)O)N4)nc2n1. The number of amides is 2. The number of imidazole rings is 1. The minimum Gasteiger partial charge on any atom is -0.481 e. The van der Waals surface area contributed by atoms with Gasteiger partial charge in [-0.05, 0) is 42.8 Å². The minimum absolute atomic E-state index is 0.204. The summed E-state index contributed by atoms with van der Waals surface area (Å²) < 4.78 is 0. The fourth-order valence-electron chi connectivity index (χ4n) is 3.52. The van der Waals surface area contributed by atoms with E-state index in [-0.39, 0.29) is 25.4 Å². The number of hydrogen-bond acceptors (Lipinski definition) is 6. The van der Waals surface area contributed by atoms with Gasteiger partial charge in [-0.15, -0.1) is 0 Å². The number of carbonyl (C=O) groups excluding carboxylic acids is 2. The second-order valence-electron chi connectivity index (χ2n) is 7.55. The molecule has 4 N–H and O–H groups in total. The van der Waals surface area contributed by atoms with E-state index in [9.17, 15) is 14.4 Å². The molecule has 0 saturated carbocycles. The standard InChI is InChI=1S/C21H22N6O4/c1-11-3-5-15-19(23-11)26-17(25-15)10-27(2)21(31)12-4-6-14-13(7-12)9-22-20(30)16(24-14)8-18(28)29/h3-7,16,24H,8-10H2,1-2H3,(H,22,30)(H,28,29)(H,23,25,26). The second-order valence-corrected chi connectivity index (χ2v) is 7.55. The molecular weight excluding hydrogens is 400 g/mol. The van der Waals surface area contributed by atoms with Gasteiger partial charge in [0.1, 0.15) is 11.9 Å². The number of aromatic amines is 1. The van der Waals surface area contributed by atoms with Crippen molar-refractivity contribution in [1.29, 1.82) is 0 Å². The van der Waals surface area contributed by atoms with Gasteiger partial charge < -0.3 is 25.6 Å². The first-order valence-electron chi connectivity index (χ1n) is 9.77. The number of carboxylic acid groups (broad SMARTS) is 1. The maximum absolute atomic E-state index is 12.9. The Morgan fingerprint density at radius 2 is 2.03 bits per heavy atom. The molecule has 1 aliphatic rings. The molecular formula is C21H22N6O4. The highest BCUT2D eigenvalue weighted by Crippen LogP contribution is 2.23. The van der Waals surface area contributed by atoms with Crippen molar-refractivity contribution in [3.63, 3.8) is 0 Å². The van der Waals surface area contributed by atoms with Crippen molar-refractivity contribution in [2.45, 2.75) is 32.5 Å². The Hall–Kier alpha value is -3.95. The number of aryl methyl sites for hydroxylation is 1. The number of H-pyrrole nitrogens is 1. The number of pyridine rings is 1. The van der Waals surface area contributed by atoms with Gasteiger partial charge in [-0.2, -0.15) is 0 Å². The van der Waals surface area contributed by atoms with E-state index in [0.29, 0.717) is 28.3 Å². The van der Waals surface area contributed by atoms with Gasteiger partial charge in [-0.1, -0.05) is 0 Å². The molecule has 1 unspecified atom stereocenters. The van der Waals surface area contributed by atoms with Crippen LogP contribution >= 0.6 is 0 Å². The first-order valence-corrected chi connectivity index (χ1v) is 9.77. The number of fused-ring (bicyclic) bond motifs is 2. The Balaban J connectivity index is 1.50. The van der Waals surface area contributed by atoms with Crippen LogP contribution < -0.4 is 10.6 Å². The third-order valence-corrected chi connectivity index (χ3v) is 5.10. The largest absolute Gasteiger partial charge is 0.481 e. The third-order valence-electron chi connectivity index (χ3n) is 5.10. The van der Waals surface area contributed by atoms with Crippen molar-refractivity contribution in [2.75, 3.05) is 12.4 Å². The fraction of sp³-hybridized carbons (Fsp3) is 0.286. The lowest BCUT2D eigenvalue weighted by atomic mass is 10.1. The predicted molar refractivity (Wildman–Crippen MR) is 112 cm³/mol. The lowest BCUT2D eigenvalue weighted by Crippen LogP contribution is -2.38. The molecule has 0 radical (unpaired) electrons. The smallest absolute Gasteiger partial charge is 0.305 e. The molecule has 0 fully saturated rings. The number of nitrogens with zero attached hydrogens (tertiary/aromatic N) is 3. The van der Waals surface area contributed by atoms with Crippen LogP contribution in [-0.4, -0.2) is 55.8 Å². The van der Waals surface area contributed by atoms with E-state index in [2.05, 4.69) is 25.6 Å². The summed E-state index contributed by atoms with van der Waals surface area (Å²) in [6.07, 6.45) is -0.333. The first kappa shape index (κ1) is 20.3. The number of benzene rings is 1. The molecule has 0 bridgehead atoms. The van der Waals surface area contributed by atoms with Gasteiger partial charge in [0, 0.05) is 30.5 Å². The average molecular weight is 422 g/mol. The van der Waals surface area contributed by atoms with Crippen LogP contribution in [0.1, 0.15) is 33.9 Å². The molecule has 10 heteroatoms. The molecule has 1 aliphatic heterocycles. The van der Waals surface area contributed by atoms with Gasteiger partial charge in [0.15, 0.2) is 5.65 Å². The second kappa shape index (κ2) is 8.05. The normalized spacial score (nSPS) is 15.5. The monoisotopic (exact) mass is 422 g/mol. The van der Waals surface area contributed by atoms with Crippen LogP contribution in [-0.2, 0) is 22.7 Å². The highest BCUT2D eigenvalue weighted by molar-refractivity contribution is 5.95. The molecule has 3 heterocycles. The first-order chi connectivity index (χ1) is 14.8. The highest BCUT2D eigenvalue weighted by atomic mass is 16.4. The summed E-state index contributed by atoms with van der Waals surface area (Å²) in [4.78, 5) is 49.6. The molecule has 0 spiro atoms. The van der Waals surface area contributed by atoms with Crippen LogP contribution in [0.5, 0.6) is 0 Å². The summed E-state index contributed by atoms with van der Waals surface area (Å²) in [5.74, 6) is -1.04. The molecule has 31 heavy (non-hydrogen) atoms. The summed E-state index contributed by atoms with van der Waals surface area (Å²) in [6, 6.07) is 7.98. The van der Waals surface area contributed by atoms with Gasteiger partial charge in [0.05, 0.1) is 18.5 Å². The fourth-order valence-corrected chi connectivity index (χ4v) is 3.52. The summed E-state index contributed by atoms with van der Waals surface area (Å²) in [5, 5.41) is 14.7. The average Bonchev–Trinajstić information content (AvgIpc) is 3.05. The van der Waals surface area contributed by atoms with Crippen LogP contribution in [0.4, 0.5) is 5.69 Å². The molecule has 1 atom stereocenters. The van der Waals surface area contributed by atoms with Crippen LogP contribution in [0.25, 0.3) is 11.2 Å². The molecule has 1 aromatic carbocycles. The van der Waals surface area contributed by atoms with Crippen molar-refractivity contribution in [1.82, 2.24) is 25.2 Å². The number of hydrogen-bond donors (Lipinski definition) is 4. The zero-order valence-corrected chi connectivity index (χ0v) is 17.1. The summed E-state index contributed by atoms with van der Waals surface area (Å²) in [6.45, 7) is 2.38. The Labute approximate surface area is 177 Å². The summed E-state index contributed by atoms with van der Waals surface area (Å²) >= 11 is 0. The van der Waals surface area contributed by atoms with Gasteiger partial charge >= 0.3 is 5.97 Å². The maximum Gasteiger partial charge on any atom is 0.305 e. The maximum atomic E-state index is 12.9. The van der Waals surface area contributed by atoms with E-state index in [1.54, 1.807) is 30.1 Å². The molecule has 3 aromatic rings. The molecule has 10 nitrogen and oxygen atoms in total. The number of anilines is 1. The van der Waals surface area contributed by atoms with Crippen LogP contribution in [0.15, 0.2) is 30.3 Å². The minimum atomic E-state index is -1.07.